The van der Waals surface area contributed by atoms with Gasteiger partial charge in [-0.15, -0.1) is 5.54 Å². The monoisotopic (exact) mass is 327 g/mol. The Hall–Kier alpha value is -1.50. The number of benzene rings is 1. The molecule has 0 aliphatic rings. The Kier molecular flexibility index (Phi) is 5.39. The van der Waals surface area contributed by atoms with E-state index in [1.807, 2.05) is 18.2 Å². The van der Waals surface area contributed by atoms with Gasteiger partial charge < -0.3 is 10.1 Å². The van der Waals surface area contributed by atoms with Crippen LogP contribution in [0.4, 0.5) is 0 Å². The van der Waals surface area contributed by atoms with Crippen molar-refractivity contribution >= 4 is 19.0 Å². The van der Waals surface area contributed by atoms with Crippen molar-refractivity contribution in [3.8, 4) is 11.5 Å². The molecule has 0 amide bonds. The van der Waals surface area contributed by atoms with Crippen LogP contribution in [0.5, 0.6) is 0 Å². The highest BCUT2D eigenvalue weighted by Crippen LogP contribution is 2.41. The summed E-state index contributed by atoms with van der Waals surface area (Å²) < 4.78 is 0. The first-order chi connectivity index (χ1) is 10.8. The molecule has 2 aromatic rings. The number of aliphatic hydroxyl groups excluding tert-OH is 1. The number of hydrogen-bond donors (Lipinski definition) is 2. The van der Waals surface area contributed by atoms with Gasteiger partial charge in [0, 0.05) is 10.9 Å². The fraction of sp³-hybridized carbons (Fsp3) is 0.500. The SMILES string of the molecule is CC(C)[Si](C#Cc1c(CO)[nH]c2ccccc12)(C(C)C)C(C)C. The van der Waals surface area contributed by atoms with Crippen LogP contribution in [0.15, 0.2) is 24.3 Å². The predicted molar refractivity (Wildman–Crippen MR) is 102 cm³/mol. The summed E-state index contributed by atoms with van der Waals surface area (Å²) in [7, 11) is -1.76. The molecule has 1 heterocycles. The summed E-state index contributed by atoms with van der Waals surface area (Å²) in [5.41, 5.74) is 8.44. The van der Waals surface area contributed by atoms with Crippen molar-refractivity contribution in [3.63, 3.8) is 0 Å². The van der Waals surface area contributed by atoms with Gasteiger partial charge in [-0.25, -0.2) is 0 Å². The molecule has 0 spiro atoms. The Labute approximate surface area is 141 Å². The predicted octanol–water partition coefficient (Wildman–Crippen LogP) is 5.23. The van der Waals surface area contributed by atoms with Gasteiger partial charge in [0.15, 0.2) is 0 Å². The maximum atomic E-state index is 9.69. The quantitative estimate of drug-likeness (QED) is 0.585. The third kappa shape index (κ3) is 3.11. The number of aliphatic hydroxyl groups is 1. The van der Waals surface area contributed by atoms with E-state index in [2.05, 4.69) is 64.1 Å². The minimum Gasteiger partial charge on any atom is -0.390 e. The van der Waals surface area contributed by atoms with Gasteiger partial charge in [0.2, 0.25) is 0 Å². The molecule has 0 saturated heterocycles. The van der Waals surface area contributed by atoms with Crippen LogP contribution in [0.25, 0.3) is 10.9 Å². The Morgan fingerprint density at radius 1 is 1.00 bits per heavy atom. The molecule has 0 aliphatic heterocycles. The zero-order valence-electron chi connectivity index (χ0n) is 15.2. The molecule has 23 heavy (non-hydrogen) atoms. The van der Waals surface area contributed by atoms with Crippen molar-refractivity contribution in [2.45, 2.75) is 64.8 Å². The smallest absolute Gasteiger partial charge is 0.146 e. The van der Waals surface area contributed by atoms with Gasteiger partial charge in [0.25, 0.3) is 0 Å². The van der Waals surface area contributed by atoms with Crippen LogP contribution < -0.4 is 0 Å². The maximum Gasteiger partial charge on any atom is 0.146 e. The number of hydrogen-bond acceptors (Lipinski definition) is 1. The Balaban J connectivity index is 2.64. The highest BCUT2D eigenvalue weighted by atomic mass is 28.3. The highest BCUT2D eigenvalue weighted by molar-refractivity contribution is 6.90. The molecular weight excluding hydrogens is 298 g/mol. The van der Waals surface area contributed by atoms with Crippen LogP contribution in [-0.2, 0) is 6.61 Å². The first kappa shape index (κ1) is 17.8. The number of para-hydroxylation sites is 1. The van der Waals surface area contributed by atoms with Crippen LogP contribution in [-0.4, -0.2) is 18.2 Å². The zero-order valence-corrected chi connectivity index (χ0v) is 16.2. The molecule has 2 nitrogen and oxygen atoms in total. The molecule has 3 heteroatoms. The van der Waals surface area contributed by atoms with E-state index < -0.39 is 8.07 Å². The molecule has 2 rings (SSSR count). The van der Waals surface area contributed by atoms with Crippen LogP contribution in [0.3, 0.4) is 0 Å². The van der Waals surface area contributed by atoms with Gasteiger partial charge in [-0.05, 0) is 22.7 Å². The topological polar surface area (TPSA) is 36.0 Å². The van der Waals surface area contributed by atoms with E-state index in [9.17, 15) is 5.11 Å². The first-order valence-corrected chi connectivity index (χ1v) is 10.8. The highest BCUT2D eigenvalue weighted by Gasteiger charge is 2.41. The lowest BCUT2D eigenvalue weighted by Crippen LogP contribution is -2.43. The van der Waals surface area contributed by atoms with Crippen LogP contribution in [0.2, 0.25) is 16.6 Å². The Bertz CT molecular complexity index is 709. The van der Waals surface area contributed by atoms with Gasteiger partial charge >= 0.3 is 0 Å². The summed E-state index contributed by atoms with van der Waals surface area (Å²) >= 11 is 0. The lowest BCUT2D eigenvalue weighted by molar-refractivity contribution is 0.277. The molecule has 1 aromatic carbocycles. The number of aromatic nitrogens is 1. The van der Waals surface area contributed by atoms with E-state index in [0.29, 0.717) is 16.6 Å². The second kappa shape index (κ2) is 6.94. The minimum atomic E-state index is -1.76. The summed E-state index contributed by atoms with van der Waals surface area (Å²) in [5, 5.41) is 10.8. The Morgan fingerprint density at radius 3 is 2.09 bits per heavy atom. The lowest BCUT2D eigenvalue weighted by Gasteiger charge is -2.38. The van der Waals surface area contributed by atoms with Crippen molar-refractivity contribution < 1.29 is 5.11 Å². The molecule has 0 unspecified atom stereocenters. The molecule has 0 aliphatic carbocycles. The zero-order chi connectivity index (χ0) is 17.2. The van der Waals surface area contributed by atoms with Crippen molar-refractivity contribution in [2.75, 3.05) is 0 Å². The standard InChI is InChI=1S/C20H29NOSi/c1-14(2)23(15(3)4,16(5)6)12-11-18-17-9-7-8-10-19(17)21-20(18)13-22/h7-10,14-16,21-22H,13H2,1-6H3. The maximum absolute atomic E-state index is 9.69. The fourth-order valence-electron chi connectivity index (χ4n) is 4.06. The van der Waals surface area contributed by atoms with E-state index in [0.717, 1.165) is 22.2 Å². The lowest BCUT2D eigenvalue weighted by atomic mass is 10.1. The van der Waals surface area contributed by atoms with Crippen LogP contribution in [0, 0.1) is 11.5 Å². The third-order valence-electron chi connectivity index (χ3n) is 5.21. The van der Waals surface area contributed by atoms with E-state index >= 15 is 0 Å². The summed E-state index contributed by atoms with van der Waals surface area (Å²) in [6, 6.07) is 8.16. The normalized spacial score (nSPS) is 12.3. The molecule has 0 bridgehead atoms. The number of nitrogens with one attached hydrogen (secondary N) is 1. The largest absolute Gasteiger partial charge is 0.390 e. The average molecular weight is 328 g/mol. The second-order valence-corrected chi connectivity index (χ2v) is 12.9. The van der Waals surface area contributed by atoms with Gasteiger partial charge in [-0.1, -0.05) is 65.7 Å². The number of aromatic amines is 1. The molecule has 124 valence electrons. The minimum absolute atomic E-state index is 0.00170. The van der Waals surface area contributed by atoms with Gasteiger partial charge in [0.05, 0.1) is 17.9 Å². The summed E-state index contributed by atoms with van der Waals surface area (Å²) in [5.74, 6) is 3.49. The molecule has 0 radical (unpaired) electrons. The van der Waals surface area contributed by atoms with Crippen molar-refractivity contribution in [3.05, 3.63) is 35.5 Å². The van der Waals surface area contributed by atoms with Crippen LogP contribution in [0.1, 0.15) is 52.8 Å². The number of fused-ring (bicyclic) bond motifs is 1. The van der Waals surface area contributed by atoms with Gasteiger partial charge in [-0.2, -0.15) is 0 Å². The summed E-state index contributed by atoms with van der Waals surface area (Å²) in [4.78, 5) is 3.30. The van der Waals surface area contributed by atoms with E-state index in [1.165, 1.54) is 0 Å². The second-order valence-electron chi connectivity index (χ2n) is 7.33. The van der Waals surface area contributed by atoms with Gasteiger partial charge in [-0.3, -0.25) is 0 Å². The molecule has 1 aromatic heterocycles. The average Bonchev–Trinajstić information content (AvgIpc) is 2.85. The molecule has 0 fully saturated rings. The third-order valence-corrected chi connectivity index (χ3v) is 11.5. The summed E-state index contributed by atoms with van der Waals surface area (Å²) in [6.45, 7) is 13.9. The molecule has 2 N–H and O–H groups in total. The first-order valence-electron chi connectivity index (χ1n) is 8.58. The van der Waals surface area contributed by atoms with E-state index in [-0.39, 0.29) is 6.61 Å². The van der Waals surface area contributed by atoms with E-state index in [1.54, 1.807) is 0 Å². The van der Waals surface area contributed by atoms with Crippen molar-refractivity contribution in [2.24, 2.45) is 0 Å². The molecular formula is C20H29NOSi. The van der Waals surface area contributed by atoms with Crippen molar-refractivity contribution in [1.29, 1.82) is 0 Å². The fourth-order valence-corrected chi connectivity index (χ4v) is 9.27. The van der Waals surface area contributed by atoms with Crippen LogP contribution >= 0.6 is 0 Å². The number of H-pyrrole nitrogens is 1. The molecule has 0 atom stereocenters. The molecule has 0 saturated carbocycles. The number of rotatable bonds is 4. The summed E-state index contributed by atoms with van der Waals surface area (Å²) in [6.07, 6.45) is 0. The van der Waals surface area contributed by atoms with Crippen molar-refractivity contribution in [1.82, 2.24) is 4.98 Å². The van der Waals surface area contributed by atoms with E-state index in [4.69, 9.17) is 0 Å². The Morgan fingerprint density at radius 2 is 1.57 bits per heavy atom. The van der Waals surface area contributed by atoms with Gasteiger partial charge in [0.1, 0.15) is 8.07 Å².